The van der Waals surface area contributed by atoms with E-state index in [1.54, 1.807) is 24.4 Å². The average Bonchev–Trinajstić information content (AvgIpc) is 3.43. The monoisotopic (exact) mass is 390 g/mol. The Morgan fingerprint density at radius 2 is 1.66 bits per heavy atom. The van der Waals surface area contributed by atoms with Crippen LogP contribution in [0.2, 0.25) is 0 Å². The second-order valence-electron chi connectivity index (χ2n) is 6.03. The first-order valence-corrected chi connectivity index (χ1v) is 8.62. The number of nitro benzene ring substituents is 1. The second-order valence-corrected chi connectivity index (χ2v) is 6.03. The number of benzene rings is 2. The molecular formula is C21H14N2O6. The number of esters is 1. The number of ether oxygens (including phenoxy) is 1. The topological polar surface area (TPSA) is 109 Å². The van der Waals surface area contributed by atoms with Gasteiger partial charge in [-0.15, -0.1) is 0 Å². The SMILES string of the molecule is O=C(OCc1ncc(-c2ccccc2)o1)c1ccc(-c2ccc([N+](=O)[O-])cc2)o1. The Morgan fingerprint density at radius 1 is 0.931 bits per heavy atom. The third-order valence-electron chi connectivity index (χ3n) is 4.11. The van der Waals surface area contributed by atoms with Gasteiger partial charge >= 0.3 is 5.97 Å². The second kappa shape index (κ2) is 7.81. The molecule has 2 aromatic heterocycles. The Labute approximate surface area is 164 Å². The smallest absolute Gasteiger partial charge is 0.374 e. The summed E-state index contributed by atoms with van der Waals surface area (Å²) in [5.74, 6) is 0.578. The summed E-state index contributed by atoms with van der Waals surface area (Å²) >= 11 is 0. The molecule has 0 amide bonds. The van der Waals surface area contributed by atoms with Crippen LogP contribution in [0.4, 0.5) is 5.69 Å². The molecule has 0 aliphatic carbocycles. The zero-order chi connectivity index (χ0) is 20.2. The molecule has 2 heterocycles. The molecule has 0 spiro atoms. The molecule has 0 saturated carbocycles. The summed E-state index contributed by atoms with van der Waals surface area (Å²) in [5.41, 5.74) is 1.45. The summed E-state index contributed by atoms with van der Waals surface area (Å²) in [6, 6.07) is 18.3. The number of non-ortho nitro benzene ring substituents is 1. The summed E-state index contributed by atoms with van der Waals surface area (Å²) in [5, 5.41) is 10.7. The van der Waals surface area contributed by atoms with Crippen molar-refractivity contribution >= 4 is 11.7 Å². The van der Waals surface area contributed by atoms with Crippen LogP contribution in [-0.4, -0.2) is 15.9 Å². The molecule has 29 heavy (non-hydrogen) atoms. The predicted molar refractivity (Wildman–Crippen MR) is 102 cm³/mol. The molecule has 4 rings (SSSR count). The van der Waals surface area contributed by atoms with Crippen LogP contribution in [0.5, 0.6) is 0 Å². The van der Waals surface area contributed by atoms with Crippen LogP contribution in [0.15, 0.2) is 81.8 Å². The molecular weight excluding hydrogens is 376 g/mol. The van der Waals surface area contributed by atoms with Crippen molar-refractivity contribution in [3.05, 3.63) is 94.7 Å². The van der Waals surface area contributed by atoms with Crippen LogP contribution in [0.1, 0.15) is 16.4 Å². The number of nitro groups is 1. The molecule has 0 unspecified atom stereocenters. The number of rotatable bonds is 6. The normalized spacial score (nSPS) is 10.6. The lowest BCUT2D eigenvalue weighted by Crippen LogP contribution is -2.04. The number of carbonyl (C=O) groups excluding carboxylic acids is 1. The summed E-state index contributed by atoms with van der Waals surface area (Å²) in [6.45, 7) is -0.140. The maximum Gasteiger partial charge on any atom is 0.374 e. The van der Waals surface area contributed by atoms with E-state index in [0.29, 0.717) is 17.1 Å². The van der Waals surface area contributed by atoms with E-state index in [9.17, 15) is 14.9 Å². The maximum absolute atomic E-state index is 12.2. The average molecular weight is 390 g/mol. The highest BCUT2D eigenvalue weighted by Crippen LogP contribution is 2.25. The van der Waals surface area contributed by atoms with Gasteiger partial charge < -0.3 is 13.6 Å². The molecule has 0 atom stereocenters. The highest BCUT2D eigenvalue weighted by atomic mass is 16.6. The molecule has 0 N–H and O–H groups in total. The first-order valence-electron chi connectivity index (χ1n) is 8.62. The number of hydrogen-bond donors (Lipinski definition) is 0. The zero-order valence-corrected chi connectivity index (χ0v) is 15.0. The Morgan fingerprint density at radius 3 is 2.38 bits per heavy atom. The van der Waals surface area contributed by atoms with Crippen LogP contribution in [0, 0.1) is 10.1 Å². The van der Waals surface area contributed by atoms with E-state index in [0.717, 1.165) is 5.56 Å². The van der Waals surface area contributed by atoms with Gasteiger partial charge in [-0.2, -0.15) is 0 Å². The Kier molecular flexibility index (Phi) is 4.90. The molecule has 0 fully saturated rings. The number of nitrogens with zero attached hydrogens (tertiary/aromatic N) is 2. The highest BCUT2D eigenvalue weighted by molar-refractivity contribution is 5.87. The minimum absolute atomic E-state index is 0.00758. The Bertz CT molecular complexity index is 1150. The van der Waals surface area contributed by atoms with Gasteiger partial charge in [-0.05, 0) is 24.3 Å². The lowest BCUT2D eigenvalue weighted by atomic mass is 10.1. The fourth-order valence-electron chi connectivity index (χ4n) is 2.66. The Hall–Kier alpha value is -4.20. The van der Waals surface area contributed by atoms with Crippen molar-refractivity contribution in [2.75, 3.05) is 0 Å². The minimum Gasteiger partial charge on any atom is -0.450 e. The third kappa shape index (κ3) is 4.06. The summed E-state index contributed by atoms with van der Waals surface area (Å²) < 4.78 is 16.3. The van der Waals surface area contributed by atoms with E-state index in [2.05, 4.69) is 4.98 Å². The van der Waals surface area contributed by atoms with E-state index in [-0.39, 0.29) is 23.9 Å². The Balaban J connectivity index is 1.40. The van der Waals surface area contributed by atoms with Crippen molar-refractivity contribution in [3.8, 4) is 22.6 Å². The van der Waals surface area contributed by atoms with Crippen LogP contribution < -0.4 is 0 Å². The van der Waals surface area contributed by atoms with Gasteiger partial charge in [0.25, 0.3) is 5.69 Å². The summed E-state index contributed by atoms with van der Waals surface area (Å²) in [7, 11) is 0. The molecule has 144 valence electrons. The quantitative estimate of drug-likeness (QED) is 0.262. The maximum atomic E-state index is 12.2. The lowest BCUT2D eigenvalue weighted by Gasteiger charge is -2.00. The molecule has 8 nitrogen and oxygen atoms in total. The van der Waals surface area contributed by atoms with E-state index in [1.807, 2.05) is 30.3 Å². The van der Waals surface area contributed by atoms with Gasteiger partial charge in [0.05, 0.1) is 11.1 Å². The van der Waals surface area contributed by atoms with Crippen molar-refractivity contribution in [2.24, 2.45) is 0 Å². The first kappa shape index (κ1) is 18.2. The largest absolute Gasteiger partial charge is 0.450 e. The molecule has 0 aliphatic rings. The van der Waals surface area contributed by atoms with Crippen molar-refractivity contribution in [3.63, 3.8) is 0 Å². The van der Waals surface area contributed by atoms with E-state index >= 15 is 0 Å². The molecule has 0 aliphatic heterocycles. The van der Waals surface area contributed by atoms with E-state index in [1.165, 1.54) is 18.2 Å². The molecule has 0 radical (unpaired) electrons. The minimum atomic E-state index is -0.669. The molecule has 0 bridgehead atoms. The van der Waals surface area contributed by atoms with Gasteiger partial charge in [0, 0.05) is 23.3 Å². The standard InChI is InChI=1S/C21H14N2O6/c24-21(27-13-20-22-12-19(29-20)14-4-2-1-3-5-14)18-11-10-17(28-18)15-6-8-16(9-7-15)23(25)26/h1-12H,13H2. The molecule has 0 saturated heterocycles. The van der Waals surface area contributed by atoms with Gasteiger partial charge in [-0.3, -0.25) is 10.1 Å². The number of aromatic nitrogens is 1. The summed E-state index contributed by atoms with van der Waals surface area (Å²) in [4.78, 5) is 26.5. The fourth-order valence-corrected chi connectivity index (χ4v) is 2.66. The predicted octanol–water partition coefficient (Wildman–Crippen LogP) is 4.87. The summed E-state index contributed by atoms with van der Waals surface area (Å²) in [6.07, 6.45) is 1.57. The first-order chi connectivity index (χ1) is 14.1. The van der Waals surface area contributed by atoms with Crippen LogP contribution in [0.25, 0.3) is 22.6 Å². The molecule has 2 aromatic carbocycles. The number of carbonyl (C=O) groups is 1. The van der Waals surface area contributed by atoms with Crippen LogP contribution in [0.3, 0.4) is 0 Å². The molecule has 4 aromatic rings. The number of hydrogen-bond acceptors (Lipinski definition) is 7. The van der Waals surface area contributed by atoms with Crippen molar-refractivity contribution in [2.45, 2.75) is 6.61 Å². The van der Waals surface area contributed by atoms with E-state index in [4.69, 9.17) is 13.6 Å². The third-order valence-corrected chi connectivity index (χ3v) is 4.11. The van der Waals surface area contributed by atoms with Crippen LogP contribution in [-0.2, 0) is 11.3 Å². The van der Waals surface area contributed by atoms with Crippen molar-refractivity contribution < 1.29 is 23.3 Å². The van der Waals surface area contributed by atoms with Crippen molar-refractivity contribution in [1.82, 2.24) is 4.98 Å². The van der Waals surface area contributed by atoms with Gasteiger partial charge in [-0.25, -0.2) is 9.78 Å². The lowest BCUT2D eigenvalue weighted by molar-refractivity contribution is -0.384. The molecule has 8 heteroatoms. The van der Waals surface area contributed by atoms with Gasteiger partial charge in [-0.1, -0.05) is 30.3 Å². The zero-order valence-electron chi connectivity index (χ0n) is 15.0. The number of furan rings is 1. The van der Waals surface area contributed by atoms with E-state index < -0.39 is 10.9 Å². The van der Waals surface area contributed by atoms with Gasteiger partial charge in [0.1, 0.15) is 5.76 Å². The van der Waals surface area contributed by atoms with Crippen LogP contribution >= 0.6 is 0 Å². The van der Waals surface area contributed by atoms with Crippen molar-refractivity contribution in [1.29, 1.82) is 0 Å². The van der Waals surface area contributed by atoms with Gasteiger partial charge in [0.2, 0.25) is 11.7 Å². The highest BCUT2D eigenvalue weighted by Gasteiger charge is 2.16. The number of oxazole rings is 1. The fraction of sp³-hybridized carbons (Fsp3) is 0.0476. The van der Waals surface area contributed by atoms with Gasteiger partial charge in [0.15, 0.2) is 12.4 Å².